The molecule has 0 spiro atoms. The maximum atomic E-state index is 9.88. The van der Waals surface area contributed by atoms with Crippen LogP contribution >= 0.6 is 0 Å². The maximum Gasteiger partial charge on any atom is 0.120 e. The van der Waals surface area contributed by atoms with Crippen LogP contribution in [0, 0.1) is 6.92 Å². The lowest BCUT2D eigenvalue weighted by Crippen LogP contribution is -2.38. The van der Waals surface area contributed by atoms with Crippen LogP contribution in [0.2, 0.25) is 0 Å². The van der Waals surface area contributed by atoms with Crippen molar-refractivity contribution >= 4 is 0 Å². The van der Waals surface area contributed by atoms with Gasteiger partial charge in [-0.05, 0) is 45.7 Å². The number of aryl methyl sites for hydroxylation is 1. The second-order valence-corrected chi connectivity index (χ2v) is 5.62. The highest BCUT2D eigenvalue weighted by molar-refractivity contribution is 5.35. The minimum Gasteiger partial charge on any atom is -0.508 e. The number of aromatic hydroxyl groups is 1. The number of rotatable bonds is 3. The molecule has 2 rings (SSSR count). The number of phenols is 1. The van der Waals surface area contributed by atoms with Gasteiger partial charge in [0.1, 0.15) is 5.75 Å². The Morgan fingerprint density at radius 1 is 1.28 bits per heavy atom. The molecule has 1 aliphatic rings. The lowest BCUT2D eigenvalue weighted by Gasteiger charge is -2.33. The van der Waals surface area contributed by atoms with E-state index in [2.05, 4.69) is 24.9 Å². The van der Waals surface area contributed by atoms with Gasteiger partial charge < -0.3 is 10.8 Å². The van der Waals surface area contributed by atoms with Crippen molar-refractivity contribution in [1.29, 1.82) is 0 Å². The highest BCUT2D eigenvalue weighted by atomic mass is 16.3. The summed E-state index contributed by atoms with van der Waals surface area (Å²) >= 11 is 0. The number of hydrogen-bond acceptors (Lipinski definition) is 3. The molecule has 0 radical (unpaired) electrons. The minimum atomic E-state index is 0.391. The van der Waals surface area contributed by atoms with Crippen molar-refractivity contribution in [1.82, 2.24) is 4.90 Å². The minimum absolute atomic E-state index is 0.391. The smallest absolute Gasteiger partial charge is 0.120 e. The molecule has 18 heavy (non-hydrogen) atoms. The molecule has 0 aromatic heterocycles. The van der Waals surface area contributed by atoms with Crippen LogP contribution in [0.25, 0.3) is 0 Å². The van der Waals surface area contributed by atoms with Gasteiger partial charge in [-0.25, -0.2) is 0 Å². The van der Waals surface area contributed by atoms with E-state index in [1.54, 1.807) is 6.07 Å². The third-order valence-corrected chi connectivity index (χ3v) is 4.02. The van der Waals surface area contributed by atoms with Crippen LogP contribution < -0.4 is 5.73 Å². The quantitative estimate of drug-likeness (QED) is 0.863. The van der Waals surface area contributed by atoms with E-state index in [4.69, 9.17) is 5.73 Å². The Hall–Kier alpha value is -1.06. The average molecular weight is 248 g/mol. The monoisotopic (exact) mass is 248 g/mol. The molecule has 3 N–H and O–H groups in total. The fourth-order valence-corrected chi connectivity index (χ4v) is 2.78. The molecule has 0 aliphatic heterocycles. The number of phenolic OH excluding ortho intramolecular Hbond substituents is 1. The fraction of sp³-hybridized carbons (Fsp3) is 0.600. The first kappa shape index (κ1) is 13.4. The molecule has 1 aromatic carbocycles. The molecule has 3 heteroatoms. The van der Waals surface area contributed by atoms with E-state index in [9.17, 15) is 5.11 Å². The van der Waals surface area contributed by atoms with E-state index in [-0.39, 0.29) is 0 Å². The molecule has 0 saturated heterocycles. The van der Waals surface area contributed by atoms with Gasteiger partial charge in [0, 0.05) is 24.2 Å². The van der Waals surface area contributed by atoms with Crippen LogP contribution in [0.1, 0.15) is 36.8 Å². The average Bonchev–Trinajstić information content (AvgIpc) is 2.34. The summed E-state index contributed by atoms with van der Waals surface area (Å²) in [7, 11) is 2.14. The third kappa shape index (κ3) is 3.24. The van der Waals surface area contributed by atoms with Gasteiger partial charge in [-0.15, -0.1) is 0 Å². The molecule has 0 atom stereocenters. The molecule has 0 amide bonds. The predicted molar refractivity (Wildman–Crippen MR) is 74.5 cm³/mol. The van der Waals surface area contributed by atoms with Crippen molar-refractivity contribution in [2.45, 2.75) is 51.2 Å². The summed E-state index contributed by atoms with van der Waals surface area (Å²) in [5.74, 6) is 0.403. The Morgan fingerprint density at radius 3 is 2.61 bits per heavy atom. The Balaban J connectivity index is 1.98. The van der Waals surface area contributed by atoms with Crippen LogP contribution in [0.5, 0.6) is 5.75 Å². The summed E-state index contributed by atoms with van der Waals surface area (Å²) in [4.78, 5) is 2.35. The van der Waals surface area contributed by atoms with Gasteiger partial charge in [0.25, 0.3) is 0 Å². The van der Waals surface area contributed by atoms with E-state index in [1.807, 2.05) is 6.07 Å². The summed E-state index contributed by atoms with van der Waals surface area (Å²) < 4.78 is 0. The Morgan fingerprint density at radius 2 is 1.94 bits per heavy atom. The first-order chi connectivity index (χ1) is 8.56. The zero-order chi connectivity index (χ0) is 13.1. The first-order valence-corrected chi connectivity index (χ1v) is 6.80. The maximum absolute atomic E-state index is 9.88. The van der Waals surface area contributed by atoms with Crippen LogP contribution in [-0.2, 0) is 6.54 Å². The van der Waals surface area contributed by atoms with Gasteiger partial charge in [-0.1, -0.05) is 17.7 Å². The summed E-state index contributed by atoms with van der Waals surface area (Å²) in [6.45, 7) is 2.87. The molecule has 1 aliphatic carbocycles. The summed E-state index contributed by atoms with van der Waals surface area (Å²) in [5.41, 5.74) is 8.15. The van der Waals surface area contributed by atoms with Crippen molar-refractivity contribution in [3.63, 3.8) is 0 Å². The number of benzene rings is 1. The second kappa shape index (κ2) is 5.72. The van der Waals surface area contributed by atoms with Crippen LogP contribution in [-0.4, -0.2) is 29.1 Å². The summed E-state index contributed by atoms with van der Waals surface area (Å²) in [6.07, 6.45) is 4.58. The Bertz CT molecular complexity index is 397. The zero-order valence-electron chi connectivity index (χ0n) is 11.4. The molecular weight excluding hydrogens is 224 g/mol. The molecule has 1 saturated carbocycles. The van der Waals surface area contributed by atoms with Crippen LogP contribution in [0.4, 0.5) is 0 Å². The number of nitrogens with zero attached hydrogens (tertiary/aromatic N) is 1. The van der Waals surface area contributed by atoms with Gasteiger partial charge in [-0.3, -0.25) is 4.90 Å². The Labute approximate surface area is 110 Å². The molecule has 3 nitrogen and oxygen atoms in total. The second-order valence-electron chi connectivity index (χ2n) is 5.62. The number of nitrogens with two attached hydrogens (primary N) is 1. The molecule has 100 valence electrons. The topological polar surface area (TPSA) is 49.5 Å². The molecule has 1 fully saturated rings. The van der Waals surface area contributed by atoms with Gasteiger partial charge in [0.05, 0.1) is 0 Å². The van der Waals surface area contributed by atoms with Crippen molar-refractivity contribution in [2.24, 2.45) is 5.73 Å². The van der Waals surface area contributed by atoms with Crippen molar-refractivity contribution in [3.05, 3.63) is 29.3 Å². The highest BCUT2D eigenvalue weighted by Gasteiger charge is 2.22. The lowest BCUT2D eigenvalue weighted by molar-refractivity contribution is 0.175. The van der Waals surface area contributed by atoms with Crippen LogP contribution in [0.15, 0.2) is 18.2 Å². The van der Waals surface area contributed by atoms with E-state index in [0.29, 0.717) is 17.8 Å². The highest BCUT2D eigenvalue weighted by Crippen LogP contribution is 2.25. The molecule has 0 heterocycles. The van der Waals surface area contributed by atoms with E-state index >= 15 is 0 Å². The third-order valence-electron chi connectivity index (χ3n) is 4.02. The van der Waals surface area contributed by atoms with Crippen LogP contribution in [0.3, 0.4) is 0 Å². The van der Waals surface area contributed by atoms with Gasteiger partial charge in [0.2, 0.25) is 0 Å². The van der Waals surface area contributed by atoms with Crippen molar-refractivity contribution in [3.8, 4) is 5.75 Å². The zero-order valence-corrected chi connectivity index (χ0v) is 11.4. The van der Waals surface area contributed by atoms with Crippen molar-refractivity contribution < 1.29 is 5.11 Å². The summed E-state index contributed by atoms with van der Waals surface area (Å²) in [5, 5.41) is 9.88. The number of hydrogen-bond donors (Lipinski definition) is 2. The fourth-order valence-electron chi connectivity index (χ4n) is 2.78. The van der Waals surface area contributed by atoms with Crippen molar-refractivity contribution in [2.75, 3.05) is 7.05 Å². The normalized spacial score (nSPS) is 24.4. The lowest BCUT2D eigenvalue weighted by atomic mass is 9.91. The van der Waals surface area contributed by atoms with Gasteiger partial charge in [-0.2, -0.15) is 0 Å². The first-order valence-electron chi connectivity index (χ1n) is 6.80. The van der Waals surface area contributed by atoms with Gasteiger partial charge in [0.15, 0.2) is 0 Å². The standard InChI is InChI=1S/C15H24N2O/c1-11-3-8-15(18)12(9-11)10-17(2)14-6-4-13(16)5-7-14/h3,8-9,13-14,18H,4-7,10,16H2,1-2H3. The predicted octanol–water partition coefficient (Wildman–Crippen LogP) is 2.40. The summed E-state index contributed by atoms with van der Waals surface area (Å²) in [6, 6.07) is 6.79. The SMILES string of the molecule is Cc1ccc(O)c(CN(C)C2CCC(N)CC2)c1. The molecule has 0 unspecified atom stereocenters. The molecular formula is C15H24N2O. The van der Waals surface area contributed by atoms with Gasteiger partial charge >= 0.3 is 0 Å². The van der Waals surface area contributed by atoms with E-state index in [0.717, 1.165) is 24.9 Å². The molecule has 1 aromatic rings. The molecule has 0 bridgehead atoms. The van der Waals surface area contributed by atoms with E-state index in [1.165, 1.54) is 18.4 Å². The largest absolute Gasteiger partial charge is 0.508 e. The Kier molecular flexibility index (Phi) is 4.25. The van der Waals surface area contributed by atoms with E-state index < -0.39 is 0 Å².